The van der Waals surface area contributed by atoms with Crippen molar-refractivity contribution in [1.29, 1.82) is 0 Å². The van der Waals surface area contributed by atoms with Gasteiger partial charge in [0.2, 0.25) is 0 Å². The number of amides is 3. The van der Waals surface area contributed by atoms with Crippen molar-refractivity contribution in [2.75, 3.05) is 17.6 Å². The van der Waals surface area contributed by atoms with Gasteiger partial charge >= 0.3 is 6.03 Å². The number of nitrogens with two attached hydrogens (primary N) is 2. The fourth-order valence-electron chi connectivity index (χ4n) is 3.48. The van der Waals surface area contributed by atoms with Gasteiger partial charge in [-0.15, -0.1) is 11.3 Å². The largest absolute Gasteiger partial charge is 0.398 e. The van der Waals surface area contributed by atoms with E-state index in [1.165, 1.54) is 11.3 Å². The highest BCUT2D eigenvalue weighted by Gasteiger charge is 2.36. The van der Waals surface area contributed by atoms with Gasteiger partial charge in [-0.2, -0.15) is 0 Å². The molecule has 0 saturated heterocycles. The van der Waals surface area contributed by atoms with E-state index in [-0.39, 0.29) is 11.0 Å². The van der Waals surface area contributed by atoms with Crippen LogP contribution in [-0.2, 0) is 6.42 Å². The molecule has 0 saturated carbocycles. The number of rotatable bonds is 3. The first-order valence-corrected chi connectivity index (χ1v) is 10.0. The van der Waals surface area contributed by atoms with E-state index in [1.807, 2.05) is 49.4 Å². The Kier molecular flexibility index (Phi) is 4.94. The Balaban J connectivity index is 1.73. The number of nitrogens with one attached hydrogen (secondary N) is 1. The highest BCUT2D eigenvalue weighted by molar-refractivity contribution is 7.13. The third kappa shape index (κ3) is 3.66. The first-order valence-electron chi connectivity index (χ1n) is 9.22. The van der Waals surface area contributed by atoms with Crippen LogP contribution in [0, 0.1) is 6.92 Å². The molecule has 148 valence electrons. The van der Waals surface area contributed by atoms with Crippen LogP contribution in [0.1, 0.15) is 37.5 Å². The second-order valence-corrected chi connectivity index (χ2v) is 8.00. The lowest BCUT2D eigenvalue weighted by Crippen LogP contribution is -2.42. The van der Waals surface area contributed by atoms with Crippen molar-refractivity contribution >= 4 is 34.6 Å². The summed E-state index contributed by atoms with van der Waals surface area (Å²) in [4.78, 5) is 31.8. The summed E-state index contributed by atoms with van der Waals surface area (Å²) in [6.45, 7) is 2.44. The summed E-state index contributed by atoms with van der Waals surface area (Å²) in [6, 6.07) is 14.4. The van der Waals surface area contributed by atoms with Gasteiger partial charge in [0.1, 0.15) is 0 Å². The van der Waals surface area contributed by atoms with Crippen LogP contribution in [-0.4, -0.2) is 28.4 Å². The third-order valence-corrected chi connectivity index (χ3v) is 6.11. The van der Waals surface area contributed by atoms with E-state index in [0.29, 0.717) is 24.3 Å². The predicted molar refractivity (Wildman–Crippen MR) is 114 cm³/mol. The van der Waals surface area contributed by atoms with Crippen LogP contribution in [0.25, 0.3) is 0 Å². The lowest BCUT2D eigenvalue weighted by molar-refractivity contribution is 0.0999. The number of carbonyl (C=O) groups is 2. The molecule has 1 unspecified atom stereocenters. The first kappa shape index (κ1) is 18.9. The highest BCUT2D eigenvalue weighted by Crippen LogP contribution is 2.40. The molecule has 0 aliphatic carbocycles. The topological polar surface area (TPSA) is 114 Å². The Morgan fingerprint density at radius 2 is 1.90 bits per heavy atom. The number of anilines is 2. The van der Waals surface area contributed by atoms with Gasteiger partial charge in [-0.3, -0.25) is 4.79 Å². The maximum atomic E-state index is 13.2. The zero-order valence-corrected chi connectivity index (χ0v) is 16.7. The van der Waals surface area contributed by atoms with Crippen molar-refractivity contribution in [3.8, 4) is 0 Å². The van der Waals surface area contributed by atoms with Crippen LogP contribution >= 0.6 is 11.3 Å². The van der Waals surface area contributed by atoms with E-state index in [0.717, 1.165) is 21.7 Å². The fraction of sp³-hybridized carbons (Fsp3) is 0.190. The number of nitrogen functional groups attached to an aromatic ring is 1. The molecule has 2 heterocycles. The van der Waals surface area contributed by atoms with E-state index in [1.54, 1.807) is 11.0 Å². The molecule has 2 aromatic carbocycles. The van der Waals surface area contributed by atoms with Crippen LogP contribution in [0.2, 0.25) is 0 Å². The molecule has 29 heavy (non-hydrogen) atoms. The number of hydrogen-bond acceptors (Lipinski definition) is 5. The Morgan fingerprint density at radius 1 is 1.17 bits per heavy atom. The van der Waals surface area contributed by atoms with Crippen LogP contribution in [0.4, 0.5) is 16.2 Å². The zero-order chi connectivity index (χ0) is 20.5. The zero-order valence-electron chi connectivity index (χ0n) is 15.9. The Bertz CT molecular complexity index is 1080. The summed E-state index contributed by atoms with van der Waals surface area (Å²) in [5, 5.41) is 3.20. The molecule has 1 aliphatic heterocycles. The Labute approximate surface area is 172 Å². The minimum Gasteiger partial charge on any atom is -0.398 e. The number of carbonyl (C=O) groups excluding carboxylic acids is 2. The average Bonchev–Trinajstić information content (AvgIpc) is 3.14. The molecule has 4 rings (SSSR count). The lowest BCUT2D eigenvalue weighted by atomic mass is 9.96. The maximum Gasteiger partial charge on any atom is 0.322 e. The average molecular weight is 407 g/mol. The number of benzene rings is 2. The molecule has 0 radical (unpaired) electrons. The lowest BCUT2D eigenvalue weighted by Gasteiger charge is -2.35. The molecule has 5 N–H and O–H groups in total. The van der Waals surface area contributed by atoms with E-state index in [9.17, 15) is 9.59 Å². The van der Waals surface area contributed by atoms with E-state index >= 15 is 0 Å². The minimum atomic E-state index is -0.570. The van der Waals surface area contributed by atoms with Crippen molar-refractivity contribution in [2.45, 2.75) is 19.4 Å². The van der Waals surface area contributed by atoms with Crippen molar-refractivity contribution in [2.24, 2.45) is 5.73 Å². The normalized spacial score (nSPS) is 15.6. The van der Waals surface area contributed by atoms with Gasteiger partial charge in [0.25, 0.3) is 5.91 Å². The molecule has 0 spiro atoms. The number of para-hydroxylation sites is 1. The summed E-state index contributed by atoms with van der Waals surface area (Å²) in [5.74, 6) is -0.570. The van der Waals surface area contributed by atoms with Crippen molar-refractivity contribution in [3.63, 3.8) is 0 Å². The van der Waals surface area contributed by atoms with Crippen LogP contribution < -0.4 is 16.8 Å². The number of urea groups is 1. The molecule has 0 bridgehead atoms. The minimum absolute atomic E-state index is 0.234. The van der Waals surface area contributed by atoms with Gasteiger partial charge in [0.15, 0.2) is 5.01 Å². The molecule has 0 fully saturated rings. The summed E-state index contributed by atoms with van der Waals surface area (Å²) in [5.41, 5.74) is 15.7. The molecule has 8 heteroatoms. The number of hydrogen-bond donors (Lipinski definition) is 3. The smallest absolute Gasteiger partial charge is 0.322 e. The SMILES string of the molecule is Cc1ccc(NC(=O)N2CCc3nc(C(N)=O)sc3C2c2ccccc2N)cc1. The molecule has 1 atom stereocenters. The highest BCUT2D eigenvalue weighted by atomic mass is 32.1. The Morgan fingerprint density at radius 3 is 2.59 bits per heavy atom. The number of nitrogens with zero attached hydrogens (tertiary/aromatic N) is 2. The van der Waals surface area contributed by atoms with Gasteiger partial charge in [-0.05, 0) is 25.1 Å². The van der Waals surface area contributed by atoms with Gasteiger partial charge in [0, 0.05) is 29.9 Å². The third-order valence-electron chi connectivity index (χ3n) is 4.94. The van der Waals surface area contributed by atoms with Gasteiger partial charge in [-0.25, -0.2) is 9.78 Å². The quantitative estimate of drug-likeness (QED) is 0.578. The fourth-order valence-corrected chi connectivity index (χ4v) is 4.57. The number of aryl methyl sites for hydroxylation is 1. The summed E-state index contributed by atoms with van der Waals surface area (Å²) < 4.78 is 0. The molecule has 1 aliphatic rings. The van der Waals surface area contributed by atoms with Crippen molar-refractivity contribution in [3.05, 3.63) is 75.2 Å². The number of primary amides is 1. The van der Waals surface area contributed by atoms with E-state index < -0.39 is 11.9 Å². The predicted octanol–water partition coefficient (Wildman–Crippen LogP) is 3.31. The second-order valence-electron chi connectivity index (χ2n) is 6.97. The number of fused-ring (bicyclic) bond motifs is 1. The Hall–Kier alpha value is -3.39. The second kappa shape index (κ2) is 7.56. The van der Waals surface area contributed by atoms with E-state index in [4.69, 9.17) is 11.5 Å². The van der Waals surface area contributed by atoms with Gasteiger partial charge in [0.05, 0.1) is 16.6 Å². The summed E-state index contributed by atoms with van der Waals surface area (Å²) in [6.07, 6.45) is 0.545. The van der Waals surface area contributed by atoms with E-state index in [2.05, 4.69) is 10.3 Å². The molecule has 7 nitrogen and oxygen atoms in total. The molecular formula is C21H21N5O2S. The monoisotopic (exact) mass is 407 g/mol. The molecular weight excluding hydrogens is 386 g/mol. The van der Waals surface area contributed by atoms with Crippen molar-refractivity contribution in [1.82, 2.24) is 9.88 Å². The molecule has 3 amide bonds. The van der Waals surface area contributed by atoms with Crippen LogP contribution in [0.15, 0.2) is 48.5 Å². The van der Waals surface area contributed by atoms with Gasteiger partial charge in [-0.1, -0.05) is 35.9 Å². The first-order chi connectivity index (χ1) is 13.9. The van der Waals surface area contributed by atoms with Crippen LogP contribution in [0.3, 0.4) is 0 Å². The standard InChI is InChI=1S/C21H21N5O2S/c1-12-6-8-13(9-7-12)24-21(28)26-11-10-16-18(29-20(25-16)19(23)27)17(26)14-4-2-3-5-15(14)22/h2-9,17H,10-11,22H2,1H3,(H2,23,27)(H,24,28). The summed E-state index contributed by atoms with van der Waals surface area (Å²) >= 11 is 1.22. The van der Waals surface area contributed by atoms with Crippen molar-refractivity contribution < 1.29 is 9.59 Å². The molecule has 3 aromatic rings. The molecule has 1 aromatic heterocycles. The van der Waals surface area contributed by atoms with Gasteiger partial charge < -0.3 is 21.7 Å². The summed E-state index contributed by atoms with van der Waals surface area (Å²) in [7, 11) is 0. The number of aromatic nitrogens is 1. The van der Waals surface area contributed by atoms with Crippen LogP contribution in [0.5, 0.6) is 0 Å². The number of thiazole rings is 1. The maximum absolute atomic E-state index is 13.2.